The van der Waals surface area contributed by atoms with Crippen molar-refractivity contribution in [1.29, 1.82) is 0 Å². The predicted octanol–water partition coefficient (Wildman–Crippen LogP) is 2.08. The molecule has 0 bridgehead atoms. The van der Waals surface area contributed by atoms with E-state index in [1.165, 1.54) is 0 Å². The number of rotatable bonds is 4. The molecule has 2 N–H and O–H groups in total. The van der Waals surface area contributed by atoms with Gasteiger partial charge in [0, 0.05) is 18.4 Å². The third-order valence-electron chi connectivity index (χ3n) is 2.39. The molecule has 4 heteroatoms. The van der Waals surface area contributed by atoms with Gasteiger partial charge in [-0.25, -0.2) is 9.97 Å². The SMILES string of the molecule is C[C@H](N)c1ccc(OCc2ncccn2)cc1. The molecule has 0 aliphatic carbocycles. The number of nitrogens with two attached hydrogens (primary N) is 1. The van der Waals surface area contributed by atoms with Crippen LogP contribution in [0.2, 0.25) is 0 Å². The lowest BCUT2D eigenvalue weighted by atomic mass is 10.1. The Kier molecular flexibility index (Phi) is 3.67. The summed E-state index contributed by atoms with van der Waals surface area (Å²) in [6.07, 6.45) is 3.40. The lowest BCUT2D eigenvalue weighted by Gasteiger charge is -2.08. The fourth-order valence-corrected chi connectivity index (χ4v) is 1.42. The van der Waals surface area contributed by atoms with E-state index in [4.69, 9.17) is 10.5 Å². The van der Waals surface area contributed by atoms with Gasteiger partial charge in [-0.15, -0.1) is 0 Å². The fourth-order valence-electron chi connectivity index (χ4n) is 1.42. The molecule has 0 unspecified atom stereocenters. The third-order valence-corrected chi connectivity index (χ3v) is 2.39. The Morgan fingerprint density at radius 3 is 2.41 bits per heavy atom. The highest BCUT2D eigenvalue weighted by Crippen LogP contribution is 2.16. The summed E-state index contributed by atoms with van der Waals surface area (Å²) in [4.78, 5) is 8.17. The van der Waals surface area contributed by atoms with Gasteiger partial charge in [0.1, 0.15) is 12.4 Å². The molecular formula is C13H15N3O. The highest BCUT2D eigenvalue weighted by Gasteiger charge is 2.00. The molecule has 0 saturated carbocycles. The van der Waals surface area contributed by atoms with Gasteiger partial charge in [0.05, 0.1) is 0 Å². The summed E-state index contributed by atoms with van der Waals surface area (Å²) in [7, 11) is 0. The van der Waals surface area contributed by atoms with Gasteiger partial charge in [-0.1, -0.05) is 12.1 Å². The van der Waals surface area contributed by atoms with E-state index >= 15 is 0 Å². The minimum absolute atomic E-state index is 0.0431. The molecule has 1 aromatic carbocycles. The Labute approximate surface area is 100 Å². The summed E-state index contributed by atoms with van der Waals surface area (Å²) < 4.78 is 5.56. The highest BCUT2D eigenvalue weighted by molar-refractivity contribution is 5.28. The maximum Gasteiger partial charge on any atom is 0.166 e. The second kappa shape index (κ2) is 5.41. The first-order chi connectivity index (χ1) is 8.25. The average molecular weight is 229 g/mol. The first-order valence-electron chi connectivity index (χ1n) is 5.50. The fraction of sp³-hybridized carbons (Fsp3) is 0.231. The van der Waals surface area contributed by atoms with Crippen LogP contribution in [0.3, 0.4) is 0 Å². The zero-order chi connectivity index (χ0) is 12.1. The number of hydrogen-bond donors (Lipinski definition) is 1. The smallest absolute Gasteiger partial charge is 0.166 e. The van der Waals surface area contributed by atoms with Crippen LogP contribution in [-0.4, -0.2) is 9.97 Å². The summed E-state index contributed by atoms with van der Waals surface area (Å²) in [5, 5.41) is 0. The molecule has 1 atom stereocenters. The maximum absolute atomic E-state index is 5.77. The van der Waals surface area contributed by atoms with E-state index in [1.807, 2.05) is 31.2 Å². The van der Waals surface area contributed by atoms with Crippen molar-refractivity contribution in [1.82, 2.24) is 9.97 Å². The number of nitrogens with zero attached hydrogens (tertiary/aromatic N) is 2. The normalized spacial score (nSPS) is 12.1. The quantitative estimate of drug-likeness (QED) is 0.871. The van der Waals surface area contributed by atoms with Gasteiger partial charge in [-0.3, -0.25) is 0 Å². The van der Waals surface area contributed by atoms with E-state index in [-0.39, 0.29) is 6.04 Å². The first-order valence-corrected chi connectivity index (χ1v) is 5.50. The average Bonchev–Trinajstić information content (AvgIpc) is 2.38. The molecular weight excluding hydrogens is 214 g/mol. The van der Waals surface area contributed by atoms with Crippen molar-refractivity contribution >= 4 is 0 Å². The molecule has 17 heavy (non-hydrogen) atoms. The van der Waals surface area contributed by atoms with Crippen molar-refractivity contribution in [3.63, 3.8) is 0 Å². The number of aromatic nitrogens is 2. The van der Waals surface area contributed by atoms with E-state index in [0.717, 1.165) is 11.3 Å². The van der Waals surface area contributed by atoms with Crippen molar-refractivity contribution < 1.29 is 4.74 Å². The Morgan fingerprint density at radius 2 is 1.82 bits per heavy atom. The van der Waals surface area contributed by atoms with E-state index < -0.39 is 0 Å². The van der Waals surface area contributed by atoms with Gasteiger partial charge in [-0.05, 0) is 30.7 Å². The molecule has 0 radical (unpaired) electrons. The standard InChI is InChI=1S/C13H15N3O/c1-10(14)11-3-5-12(6-4-11)17-9-13-15-7-2-8-16-13/h2-8,10H,9,14H2,1H3/t10-/m0/s1. The van der Waals surface area contributed by atoms with Crippen LogP contribution in [0.15, 0.2) is 42.7 Å². The van der Waals surface area contributed by atoms with E-state index in [9.17, 15) is 0 Å². The summed E-state index contributed by atoms with van der Waals surface area (Å²) in [5.41, 5.74) is 6.86. The Hall–Kier alpha value is -1.94. The van der Waals surface area contributed by atoms with Crippen LogP contribution in [0.1, 0.15) is 24.4 Å². The monoisotopic (exact) mass is 229 g/mol. The molecule has 88 valence electrons. The molecule has 0 spiro atoms. The maximum atomic E-state index is 5.77. The Balaban J connectivity index is 1.96. The lowest BCUT2D eigenvalue weighted by Crippen LogP contribution is -2.05. The van der Waals surface area contributed by atoms with Crippen LogP contribution in [0.4, 0.5) is 0 Å². The van der Waals surface area contributed by atoms with Crippen molar-refractivity contribution in [3.8, 4) is 5.75 Å². The van der Waals surface area contributed by atoms with Crippen LogP contribution >= 0.6 is 0 Å². The van der Waals surface area contributed by atoms with E-state index in [1.54, 1.807) is 18.5 Å². The lowest BCUT2D eigenvalue weighted by molar-refractivity contribution is 0.295. The summed E-state index contributed by atoms with van der Waals surface area (Å²) in [6, 6.07) is 9.56. The van der Waals surface area contributed by atoms with E-state index in [0.29, 0.717) is 12.4 Å². The van der Waals surface area contributed by atoms with Gasteiger partial charge < -0.3 is 10.5 Å². The molecule has 0 saturated heterocycles. The molecule has 0 aliphatic heterocycles. The molecule has 0 fully saturated rings. The molecule has 2 rings (SSSR count). The van der Waals surface area contributed by atoms with Crippen LogP contribution < -0.4 is 10.5 Å². The molecule has 1 aromatic heterocycles. The van der Waals surface area contributed by atoms with Gasteiger partial charge in [0.25, 0.3) is 0 Å². The molecule has 2 aromatic rings. The topological polar surface area (TPSA) is 61.0 Å². The van der Waals surface area contributed by atoms with Crippen LogP contribution in [0, 0.1) is 0 Å². The number of hydrogen-bond acceptors (Lipinski definition) is 4. The molecule has 0 amide bonds. The highest BCUT2D eigenvalue weighted by atomic mass is 16.5. The molecule has 1 heterocycles. The summed E-state index contributed by atoms with van der Waals surface area (Å²) in [5.74, 6) is 1.46. The van der Waals surface area contributed by atoms with Crippen LogP contribution in [0.5, 0.6) is 5.75 Å². The zero-order valence-corrected chi connectivity index (χ0v) is 9.71. The van der Waals surface area contributed by atoms with Crippen molar-refractivity contribution in [2.24, 2.45) is 5.73 Å². The van der Waals surface area contributed by atoms with E-state index in [2.05, 4.69) is 9.97 Å². The van der Waals surface area contributed by atoms with Gasteiger partial charge in [0.2, 0.25) is 0 Å². The first kappa shape index (κ1) is 11.5. The Bertz CT molecular complexity index is 454. The largest absolute Gasteiger partial charge is 0.486 e. The molecule has 0 aliphatic rings. The summed E-state index contributed by atoms with van der Waals surface area (Å²) in [6.45, 7) is 2.33. The van der Waals surface area contributed by atoms with Crippen LogP contribution in [-0.2, 0) is 6.61 Å². The number of ether oxygens (including phenoxy) is 1. The van der Waals surface area contributed by atoms with Gasteiger partial charge in [0.15, 0.2) is 5.82 Å². The Morgan fingerprint density at radius 1 is 1.18 bits per heavy atom. The minimum Gasteiger partial charge on any atom is -0.486 e. The van der Waals surface area contributed by atoms with Crippen molar-refractivity contribution in [2.45, 2.75) is 19.6 Å². The van der Waals surface area contributed by atoms with Crippen molar-refractivity contribution in [3.05, 3.63) is 54.1 Å². The summed E-state index contributed by atoms with van der Waals surface area (Å²) >= 11 is 0. The second-order valence-corrected chi connectivity index (χ2v) is 3.81. The van der Waals surface area contributed by atoms with Gasteiger partial charge in [-0.2, -0.15) is 0 Å². The van der Waals surface area contributed by atoms with Gasteiger partial charge >= 0.3 is 0 Å². The predicted molar refractivity (Wildman–Crippen MR) is 65.4 cm³/mol. The third kappa shape index (κ3) is 3.26. The minimum atomic E-state index is 0.0431. The zero-order valence-electron chi connectivity index (χ0n) is 9.71. The number of benzene rings is 1. The molecule has 4 nitrogen and oxygen atoms in total. The van der Waals surface area contributed by atoms with Crippen LogP contribution in [0.25, 0.3) is 0 Å². The second-order valence-electron chi connectivity index (χ2n) is 3.81. The van der Waals surface area contributed by atoms with Crippen molar-refractivity contribution in [2.75, 3.05) is 0 Å².